The molecular weight excluding hydrogens is 738 g/mol. The number of hydrogen-bond donors (Lipinski definition) is 2. The van der Waals surface area contributed by atoms with Gasteiger partial charge in [0, 0.05) is 55.6 Å². The first-order chi connectivity index (χ1) is 27.6. The summed E-state index contributed by atoms with van der Waals surface area (Å²) in [6.45, 7) is 5.41. The Balaban J connectivity index is 1.12. The minimum Gasteiger partial charge on any atom is -0.497 e. The number of amides is 2. The third-order valence-corrected chi connectivity index (χ3v) is 8.54. The zero-order valence-corrected chi connectivity index (χ0v) is 32.1. The van der Waals surface area contributed by atoms with Crippen molar-refractivity contribution in [3.8, 4) is 28.8 Å². The van der Waals surface area contributed by atoms with E-state index < -0.39 is 17.6 Å². The molecule has 2 amide bonds. The Bertz CT molecular complexity index is 2260. The molecule has 0 atom stereocenters. The second-order valence-electron chi connectivity index (χ2n) is 13.0. The number of aromatic nitrogens is 4. The quantitative estimate of drug-likeness (QED) is 0.0771. The number of ether oxygens (including phenoxy) is 6. The van der Waals surface area contributed by atoms with E-state index in [9.17, 15) is 13.6 Å². The first-order valence-electron chi connectivity index (χ1n) is 18.2. The highest BCUT2D eigenvalue weighted by Gasteiger charge is 2.30. The van der Waals surface area contributed by atoms with Crippen molar-refractivity contribution in [1.82, 2.24) is 19.7 Å². The van der Waals surface area contributed by atoms with Crippen molar-refractivity contribution >= 4 is 28.3 Å². The highest BCUT2D eigenvalue weighted by molar-refractivity contribution is 6.07. The normalized spacial score (nSPS) is 11.4. The van der Waals surface area contributed by atoms with Crippen LogP contribution in [-0.4, -0.2) is 79.6 Å². The number of nitrogens with zero attached hydrogens (tertiary/aromatic N) is 4. The molecule has 0 radical (unpaired) electrons. The van der Waals surface area contributed by atoms with Gasteiger partial charge in [0.2, 0.25) is 5.88 Å². The summed E-state index contributed by atoms with van der Waals surface area (Å²) in [6, 6.07) is 25.7. The fourth-order valence-electron chi connectivity index (χ4n) is 5.74. The van der Waals surface area contributed by atoms with Crippen LogP contribution in [0.15, 0.2) is 97.2 Å². The van der Waals surface area contributed by atoms with Gasteiger partial charge in [-0.1, -0.05) is 42.0 Å². The van der Waals surface area contributed by atoms with Crippen LogP contribution in [-0.2, 0) is 26.6 Å². The number of nitrogens with one attached hydrogen (secondary N) is 2. The van der Waals surface area contributed by atoms with Crippen LogP contribution in [0.4, 0.5) is 25.1 Å². The lowest BCUT2D eigenvalue weighted by Gasteiger charge is -2.14. The lowest BCUT2D eigenvalue weighted by atomic mass is 10.1. The van der Waals surface area contributed by atoms with Crippen molar-refractivity contribution in [2.45, 2.75) is 26.2 Å². The van der Waals surface area contributed by atoms with Gasteiger partial charge >= 0.3 is 6.03 Å². The fraction of sp³-hybridized carbons (Fsp3) is 0.286. The van der Waals surface area contributed by atoms with Gasteiger partial charge in [-0.2, -0.15) is 18.9 Å². The molecule has 2 N–H and O–H groups in total. The predicted octanol–water partition coefficient (Wildman–Crippen LogP) is 8.33. The first kappa shape index (κ1) is 40.5. The van der Waals surface area contributed by atoms with Crippen molar-refractivity contribution < 1.29 is 42.0 Å². The fourth-order valence-corrected chi connectivity index (χ4v) is 5.74. The summed E-state index contributed by atoms with van der Waals surface area (Å²) in [5, 5.41) is 11.0. The summed E-state index contributed by atoms with van der Waals surface area (Å²) in [5.74, 6) is -0.570. The Hall–Kier alpha value is -6.16. The van der Waals surface area contributed by atoms with Gasteiger partial charge in [0.15, 0.2) is 0 Å². The van der Waals surface area contributed by atoms with E-state index in [1.54, 1.807) is 56.8 Å². The van der Waals surface area contributed by atoms with Crippen molar-refractivity contribution in [2.75, 3.05) is 64.5 Å². The summed E-state index contributed by atoms with van der Waals surface area (Å²) in [4.78, 5) is 22.5. The van der Waals surface area contributed by atoms with Crippen LogP contribution in [0, 0.1) is 6.92 Å². The summed E-state index contributed by atoms with van der Waals surface area (Å²) in [5.41, 5.74) is 2.36. The molecule has 0 saturated heterocycles. The summed E-state index contributed by atoms with van der Waals surface area (Å²) in [7, 11) is 3.22. The second kappa shape index (κ2) is 19.1. The molecule has 0 aliphatic heterocycles. The lowest BCUT2D eigenvalue weighted by Crippen LogP contribution is -2.21. The number of halogens is 2. The van der Waals surface area contributed by atoms with E-state index in [0.29, 0.717) is 97.2 Å². The zero-order valence-electron chi connectivity index (χ0n) is 32.1. The van der Waals surface area contributed by atoms with E-state index in [4.69, 9.17) is 28.4 Å². The van der Waals surface area contributed by atoms with E-state index in [0.717, 1.165) is 24.1 Å². The van der Waals surface area contributed by atoms with Crippen LogP contribution in [0.2, 0.25) is 0 Å². The van der Waals surface area contributed by atoms with Crippen molar-refractivity contribution in [3.63, 3.8) is 0 Å². The average molecular weight is 783 g/mol. The van der Waals surface area contributed by atoms with E-state index in [2.05, 4.69) is 25.7 Å². The molecule has 15 heteroatoms. The first-order valence-corrected chi connectivity index (χ1v) is 18.2. The van der Waals surface area contributed by atoms with Gasteiger partial charge in [0.05, 0.1) is 51.5 Å². The van der Waals surface area contributed by atoms with Crippen LogP contribution in [0.5, 0.6) is 23.1 Å². The smallest absolute Gasteiger partial charge is 0.324 e. The molecule has 4 aromatic carbocycles. The van der Waals surface area contributed by atoms with Crippen molar-refractivity contribution in [2.24, 2.45) is 0 Å². The van der Waals surface area contributed by atoms with Crippen LogP contribution in [0.1, 0.15) is 29.6 Å². The number of benzene rings is 4. The molecule has 298 valence electrons. The van der Waals surface area contributed by atoms with E-state index in [-0.39, 0.29) is 5.82 Å². The SMILES string of the molecule is COCCOCCOCCOc1cc(Cc2nccc(Oc3ccc(NC(=O)Nc4cc(C(C)(F)F)nn4-c4ccc(C)cc4)c4ccccc34)n2)cc(OC)c1. The molecular formula is C42H44F2N6O7. The third kappa shape index (κ3) is 11.2. The highest BCUT2D eigenvalue weighted by Crippen LogP contribution is 2.35. The maximum atomic E-state index is 14.3. The van der Waals surface area contributed by atoms with Crippen molar-refractivity contribution in [3.05, 3.63) is 120 Å². The molecule has 2 aromatic heterocycles. The molecule has 2 heterocycles. The number of carbonyl (C=O) groups excluding carboxylic acids is 1. The van der Waals surface area contributed by atoms with E-state index >= 15 is 0 Å². The zero-order chi connectivity index (χ0) is 40.2. The third-order valence-electron chi connectivity index (χ3n) is 8.54. The molecule has 6 aromatic rings. The molecule has 0 aliphatic carbocycles. The minimum absolute atomic E-state index is 0.0792. The Morgan fingerprint density at radius 1 is 0.807 bits per heavy atom. The standard InChI is InChI=1S/C42H44F2N6O7/c1-28-9-11-30(12-10-28)50-39(27-37(49-50)42(2,43)44)48-41(51)46-35-13-14-36(34-8-6-5-7-33(34)35)57-40-15-16-45-38(47-40)25-29-23-31(53-4)26-32(24-29)56-22-21-55-20-19-54-18-17-52-3/h5-16,23-24,26-27H,17-22,25H2,1-4H3,(H2,46,48,51). The molecule has 0 bridgehead atoms. The van der Waals surface area contributed by atoms with Crippen LogP contribution >= 0.6 is 0 Å². The number of carbonyl (C=O) groups is 1. The summed E-state index contributed by atoms with van der Waals surface area (Å²) < 4.78 is 63.5. The largest absolute Gasteiger partial charge is 0.497 e. The van der Waals surface area contributed by atoms with Gasteiger partial charge < -0.3 is 33.7 Å². The Kier molecular flexibility index (Phi) is 13.6. The molecule has 0 unspecified atom stereocenters. The van der Waals surface area contributed by atoms with Gasteiger partial charge in [0.25, 0.3) is 5.92 Å². The summed E-state index contributed by atoms with van der Waals surface area (Å²) in [6.07, 6.45) is 1.99. The number of hydrogen-bond acceptors (Lipinski definition) is 10. The monoisotopic (exact) mass is 782 g/mol. The van der Waals surface area contributed by atoms with Gasteiger partial charge in [0.1, 0.15) is 41.2 Å². The molecule has 6 rings (SSSR count). The molecule has 57 heavy (non-hydrogen) atoms. The van der Waals surface area contributed by atoms with Crippen LogP contribution in [0.3, 0.4) is 0 Å². The lowest BCUT2D eigenvalue weighted by molar-refractivity contribution is 0.0124. The molecule has 0 fully saturated rings. The number of fused-ring (bicyclic) bond motifs is 1. The Morgan fingerprint density at radius 3 is 2.26 bits per heavy atom. The van der Waals surface area contributed by atoms with Gasteiger partial charge in [-0.05, 0) is 48.9 Å². The number of anilines is 2. The van der Waals surface area contributed by atoms with E-state index in [1.165, 1.54) is 4.68 Å². The van der Waals surface area contributed by atoms with E-state index in [1.807, 2.05) is 55.5 Å². The summed E-state index contributed by atoms with van der Waals surface area (Å²) >= 11 is 0. The highest BCUT2D eigenvalue weighted by atomic mass is 19.3. The predicted molar refractivity (Wildman–Crippen MR) is 211 cm³/mol. The van der Waals surface area contributed by atoms with Gasteiger partial charge in [-0.3, -0.25) is 5.32 Å². The molecule has 13 nitrogen and oxygen atoms in total. The molecule has 0 saturated carbocycles. The number of methoxy groups -OCH3 is 2. The van der Waals surface area contributed by atoms with Crippen molar-refractivity contribution in [1.29, 1.82) is 0 Å². The molecule has 0 spiro atoms. The maximum absolute atomic E-state index is 14.3. The Morgan fingerprint density at radius 2 is 1.53 bits per heavy atom. The second-order valence-corrected chi connectivity index (χ2v) is 13.0. The maximum Gasteiger partial charge on any atom is 0.324 e. The molecule has 0 aliphatic rings. The Labute approximate surface area is 328 Å². The van der Waals surface area contributed by atoms with Crippen LogP contribution < -0.4 is 24.8 Å². The topological polar surface area (TPSA) is 140 Å². The number of aryl methyl sites for hydroxylation is 1. The van der Waals surface area contributed by atoms with Crippen LogP contribution in [0.25, 0.3) is 16.5 Å². The van der Waals surface area contributed by atoms with Gasteiger partial charge in [-0.25, -0.2) is 14.5 Å². The number of urea groups is 1. The minimum atomic E-state index is -3.22. The number of alkyl halides is 2. The average Bonchev–Trinajstić information content (AvgIpc) is 3.63. The number of rotatable bonds is 19. The van der Waals surface area contributed by atoms with Gasteiger partial charge in [-0.15, -0.1) is 0 Å².